The monoisotopic (exact) mass is 359 g/mol. The SMILES string of the molecule is Cn1cnc(CCNCc2ccc(-c3ccc(C(F)(F)F)cc3)cc2)c1. The first-order valence-corrected chi connectivity index (χ1v) is 8.36. The maximum absolute atomic E-state index is 12.6. The molecule has 0 spiro atoms. The Bertz CT molecular complexity index is 834. The van der Waals surface area contributed by atoms with E-state index in [4.69, 9.17) is 0 Å². The van der Waals surface area contributed by atoms with Crippen LogP contribution in [0.4, 0.5) is 13.2 Å². The highest BCUT2D eigenvalue weighted by molar-refractivity contribution is 5.64. The second kappa shape index (κ2) is 7.74. The molecule has 1 heterocycles. The molecule has 0 atom stereocenters. The van der Waals surface area contributed by atoms with Gasteiger partial charge in [0, 0.05) is 32.8 Å². The zero-order chi connectivity index (χ0) is 18.6. The summed E-state index contributed by atoms with van der Waals surface area (Å²) in [5.74, 6) is 0. The van der Waals surface area contributed by atoms with Crippen LogP contribution in [0, 0.1) is 0 Å². The van der Waals surface area contributed by atoms with Crippen molar-refractivity contribution < 1.29 is 13.2 Å². The molecule has 136 valence electrons. The van der Waals surface area contributed by atoms with E-state index in [0.29, 0.717) is 0 Å². The average Bonchev–Trinajstić information content (AvgIpc) is 3.04. The number of nitrogens with one attached hydrogen (secondary N) is 1. The van der Waals surface area contributed by atoms with E-state index in [2.05, 4.69) is 10.3 Å². The Morgan fingerprint density at radius 1 is 0.962 bits per heavy atom. The smallest absolute Gasteiger partial charge is 0.340 e. The van der Waals surface area contributed by atoms with Crippen molar-refractivity contribution in [2.75, 3.05) is 6.54 Å². The quantitative estimate of drug-likeness (QED) is 0.660. The number of aryl methyl sites for hydroxylation is 1. The fraction of sp³-hybridized carbons (Fsp3) is 0.250. The maximum Gasteiger partial charge on any atom is 0.416 e. The number of hydrogen-bond acceptors (Lipinski definition) is 2. The van der Waals surface area contributed by atoms with Crippen LogP contribution in [0.5, 0.6) is 0 Å². The van der Waals surface area contributed by atoms with Gasteiger partial charge in [-0.05, 0) is 28.8 Å². The molecule has 0 saturated carbocycles. The Balaban J connectivity index is 1.53. The normalized spacial score (nSPS) is 11.7. The number of imidazole rings is 1. The van der Waals surface area contributed by atoms with Gasteiger partial charge in [0.25, 0.3) is 0 Å². The van der Waals surface area contributed by atoms with Gasteiger partial charge in [-0.25, -0.2) is 4.98 Å². The van der Waals surface area contributed by atoms with Gasteiger partial charge in [0.05, 0.1) is 17.6 Å². The van der Waals surface area contributed by atoms with E-state index in [0.717, 1.165) is 54.0 Å². The van der Waals surface area contributed by atoms with Gasteiger partial charge in [0.2, 0.25) is 0 Å². The van der Waals surface area contributed by atoms with E-state index in [-0.39, 0.29) is 0 Å². The molecule has 0 amide bonds. The molecule has 0 radical (unpaired) electrons. The van der Waals surface area contributed by atoms with Crippen LogP contribution in [-0.4, -0.2) is 16.1 Å². The number of halogens is 3. The lowest BCUT2D eigenvalue weighted by molar-refractivity contribution is -0.137. The predicted molar refractivity (Wildman–Crippen MR) is 95.5 cm³/mol. The summed E-state index contributed by atoms with van der Waals surface area (Å²) in [6, 6.07) is 13.1. The summed E-state index contributed by atoms with van der Waals surface area (Å²) in [4.78, 5) is 4.28. The van der Waals surface area contributed by atoms with Crippen LogP contribution < -0.4 is 5.32 Å². The zero-order valence-corrected chi connectivity index (χ0v) is 14.4. The molecule has 0 aliphatic heterocycles. The topological polar surface area (TPSA) is 29.9 Å². The number of hydrogen-bond donors (Lipinski definition) is 1. The highest BCUT2D eigenvalue weighted by atomic mass is 19.4. The minimum Gasteiger partial charge on any atom is -0.340 e. The van der Waals surface area contributed by atoms with Gasteiger partial charge in [-0.3, -0.25) is 0 Å². The largest absolute Gasteiger partial charge is 0.416 e. The van der Waals surface area contributed by atoms with E-state index < -0.39 is 11.7 Å². The Morgan fingerprint density at radius 3 is 2.12 bits per heavy atom. The van der Waals surface area contributed by atoms with Gasteiger partial charge in [0.15, 0.2) is 0 Å². The molecule has 26 heavy (non-hydrogen) atoms. The van der Waals surface area contributed by atoms with Crippen molar-refractivity contribution in [2.45, 2.75) is 19.1 Å². The first-order valence-electron chi connectivity index (χ1n) is 8.36. The van der Waals surface area contributed by atoms with Crippen molar-refractivity contribution in [3.63, 3.8) is 0 Å². The molecule has 1 aromatic heterocycles. The average molecular weight is 359 g/mol. The summed E-state index contributed by atoms with van der Waals surface area (Å²) in [7, 11) is 1.95. The summed E-state index contributed by atoms with van der Waals surface area (Å²) in [6.45, 7) is 1.57. The van der Waals surface area contributed by atoms with Gasteiger partial charge in [-0.2, -0.15) is 13.2 Å². The van der Waals surface area contributed by atoms with Crippen LogP contribution >= 0.6 is 0 Å². The Hall–Kier alpha value is -2.60. The van der Waals surface area contributed by atoms with E-state index in [1.54, 1.807) is 6.33 Å². The number of alkyl halides is 3. The molecule has 0 aliphatic rings. The van der Waals surface area contributed by atoms with Gasteiger partial charge < -0.3 is 9.88 Å². The first-order chi connectivity index (χ1) is 12.4. The van der Waals surface area contributed by atoms with E-state index in [1.165, 1.54) is 12.1 Å². The lowest BCUT2D eigenvalue weighted by Crippen LogP contribution is -2.16. The third kappa shape index (κ3) is 4.73. The van der Waals surface area contributed by atoms with Crippen molar-refractivity contribution in [1.29, 1.82) is 0 Å². The molecule has 0 bridgehead atoms. The molecule has 2 aromatic carbocycles. The molecule has 0 aliphatic carbocycles. The van der Waals surface area contributed by atoms with Gasteiger partial charge in [-0.1, -0.05) is 36.4 Å². The molecule has 3 rings (SSSR count). The van der Waals surface area contributed by atoms with Crippen LogP contribution in [0.25, 0.3) is 11.1 Å². The van der Waals surface area contributed by atoms with Crippen LogP contribution in [-0.2, 0) is 26.2 Å². The van der Waals surface area contributed by atoms with Crippen LogP contribution in [0.2, 0.25) is 0 Å². The maximum atomic E-state index is 12.6. The summed E-state index contributed by atoms with van der Waals surface area (Å²) in [6.07, 6.45) is 0.351. The van der Waals surface area contributed by atoms with Crippen molar-refractivity contribution in [3.8, 4) is 11.1 Å². The predicted octanol–water partition coefficient (Wildman–Crippen LogP) is 4.44. The van der Waals surface area contributed by atoms with Crippen molar-refractivity contribution in [1.82, 2.24) is 14.9 Å². The second-order valence-electron chi connectivity index (χ2n) is 6.23. The highest BCUT2D eigenvalue weighted by Gasteiger charge is 2.29. The molecule has 0 saturated heterocycles. The number of rotatable bonds is 6. The Morgan fingerprint density at radius 2 is 1.58 bits per heavy atom. The summed E-state index contributed by atoms with van der Waals surface area (Å²) >= 11 is 0. The minimum absolute atomic E-state index is 0.630. The standard InChI is InChI=1S/C20H20F3N3/c1-26-13-19(25-14-26)10-11-24-12-15-2-4-16(5-3-15)17-6-8-18(9-7-17)20(21,22)23/h2-9,13-14,24H,10-12H2,1H3. The van der Waals surface area contributed by atoms with Crippen molar-refractivity contribution in [3.05, 3.63) is 77.9 Å². The lowest BCUT2D eigenvalue weighted by Gasteiger charge is -2.09. The van der Waals surface area contributed by atoms with Gasteiger partial charge in [-0.15, -0.1) is 0 Å². The highest BCUT2D eigenvalue weighted by Crippen LogP contribution is 2.31. The summed E-state index contributed by atoms with van der Waals surface area (Å²) < 4.78 is 39.8. The Labute approximate surface area is 150 Å². The molecular weight excluding hydrogens is 339 g/mol. The molecule has 0 fully saturated rings. The summed E-state index contributed by atoms with van der Waals surface area (Å²) in [5, 5.41) is 3.37. The van der Waals surface area contributed by atoms with Crippen LogP contribution in [0.1, 0.15) is 16.8 Å². The molecule has 6 heteroatoms. The Kier molecular flexibility index (Phi) is 5.42. The zero-order valence-electron chi connectivity index (χ0n) is 14.4. The fourth-order valence-corrected chi connectivity index (χ4v) is 2.71. The van der Waals surface area contributed by atoms with E-state index in [9.17, 15) is 13.2 Å². The number of nitrogens with zero attached hydrogens (tertiary/aromatic N) is 2. The van der Waals surface area contributed by atoms with Gasteiger partial charge >= 0.3 is 6.18 Å². The first kappa shape index (κ1) is 18.2. The third-order valence-corrected chi connectivity index (χ3v) is 4.14. The fourth-order valence-electron chi connectivity index (χ4n) is 2.71. The minimum atomic E-state index is -4.30. The molecular formula is C20H20F3N3. The van der Waals surface area contributed by atoms with Crippen molar-refractivity contribution in [2.24, 2.45) is 7.05 Å². The number of benzene rings is 2. The molecule has 0 unspecified atom stereocenters. The molecule has 1 N–H and O–H groups in total. The van der Waals surface area contributed by atoms with Gasteiger partial charge in [0.1, 0.15) is 0 Å². The van der Waals surface area contributed by atoms with Crippen molar-refractivity contribution >= 4 is 0 Å². The molecule has 3 aromatic rings. The van der Waals surface area contributed by atoms with E-state index in [1.807, 2.05) is 42.1 Å². The summed E-state index contributed by atoms with van der Waals surface area (Å²) in [5.41, 5.74) is 3.22. The van der Waals surface area contributed by atoms with E-state index >= 15 is 0 Å². The van der Waals surface area contributed by atoms with Crippen LogP contribution in [0.15, 0.2) is 61.1 Å². The number of aromatic nitrogens is 2. The molecule has 3 nitrogen and oxygen atoms in total. The second-order valence-corrected chi connectivity index (χ2v) is 6.23. The lowest BCUT2D eigenvalue weighted by atomic mass is 10.0. The third-order valence-electron chi connectivity index (χ3n) is 4.14. The van der Waals surface area contributed by atoms with Crippen LogP contribution in [0.3, 0.4) is 0 Å².